The maximum Gasteiger partial charge on any atom is 0.255 e. The lowest BCUT2D eigenvalue weighted by molar-refractivity contribution is 0.0918. The van der Waals surface area contributed by atoms with Crippen molar-refractivity contribution in [2.24, 2.45) is 0 Å². The lowest BCUT2D eigenvalue weighted by Crippen LogP contribution is -2.40. The largest absolute Gasteiger partial charge is 0.489 e. The molecule has 3 aromatic carbocycles. The SMILES string of the molecule is Cc1cc(OCc2cccc(F)c2)ccc1NC(=O)c1ccc(C(=O)NC(C)(C)C)cc1. The summed E-state index contributed by atoms with van der Waals surface area (Å²) in [5.74, 6) is -0.138. The number of anilines is 1. The van der Waals surface area contributed by atoms with Crippen molar-refractivity contribution in [3.8, 4) is 5.75 Å². The second-order valence-electron chi connectivity index (χ2n) is 8.63. The van der Waals surface area contributed by atoms with Gasteiger partial charge in [-0.2, -0.15) is 0 Å². The molecule has 0 fully saturated rings. The molecule has 0 saturated heterocycles. The Kier molecular flexibility index (Phi) is 6.93. The monoisotopic (exact) mass is 434 g/mol. The molecule has 0 aromatic heterocycles. The lowest BCUT2D eigenvalue weighted by Gasteiger charge is -2.20. The highest BCUT2D eigenvalue weighted by Gasteiger charge is 2.16. The Balaban J connectivity index is 1.61. The molecule has 0 aliphatic heterocycles. The normalized spacial score (nSPS) is 11.0. The van der Waals surface area contributed by atoms with E-state index in [4.69, 9.17) is 4.74 Å². The molecule has 166 valence electrons. The first kappa shape index (κ1) is 23.0. The summed E-state index contributed by atoms with van der Waals surface area (Å²) in [5, 5.41) is 5.77. The van der Waals surface area contributed by atoms with Crippen molar-refractivity contribution in [1.82, 2.24) is 5.32 Å². The molecule has 0 saturated carbocycles. The molecule has 3 rings (SSSR count). The van der Waals surface area contributed by atoms with Crippen LogP contribution in [0.25, 0.3) is 0 Å². The van der Waals surface area contributed by atoms with Gasteiger partial charge in [0.15, 0.2) is 0 Å². The Morgan fingerprint density at radius 2 is 1.56 bits per heavy atom. The molecule has 5 nitrogen and oxygen atoms in total. The van der Waals surface area contributed by atoms with Crippen molar-refractivity contribution < 1.29 is 18.7 Å². The van der Waals surface area contributed by atoms with E-state index in [1.807, 2.05) is 33.8 Å². The lowest BCUT2D eigenvalue weighted by atomic mass is 10.1. The van der Waals surface area contributed by atoms with E-state index in [1.54, 1.807) is 48.5 Å². The maximum atomic E-state index is 13.3. The van der Waals surface area contributed by atoms with Crippen molar-refractivity contribution in [3.05, 3.63) is 94.8 Å². The number of amides is 2. The Labute approximate surface area is 187 Å². The fraction of sp³-hybridized carbons (Fsp3) is 0.231. The van der Waals surface area contributed by atoms with Gasteiger partial charge in [-0.05, 0) is 93.4 Å². The number of nitrogens with one attached hydrogen (secondary N) is 2. The third-order valence-corrected chi connectivity index (χ3v) is 4.64. The number of carbonyl (C=O) groups excluding carboxylic acids is 2. The predicted molar refractivity (Wildman–Crippen MR) is 124 cm³/mol. The topological polar surface area (TPSA) is 67.4 Å². The zero-order chi connectivity index (χ0) is 23.3. The molecule has 0 atom stereocenters. The Bertz CT molecular complexity index is 1120. The van der Waals surface area contributed by atoms with E-state index in [0.29, 0.717) is 22.6 Å². The van der Waals surface area contributed by atoms with E-state index in [9.17, 15) is 14.0 Å². The van der Waals surface area contributed by atoms with Gasteiger partial charge in [0.1, 0.15) is 18.2 Å². The first-order valence-corrected chi connectivity index (χ1v) is 10.3. The molecule has 0 aliphatic rings. The molecular weight excluding hydrogens is 407 g/mol. The van der Waals surface area contributed by atoms with Gasteiger partial charge in [0, 0.05) is 22.4 Å². The van der Waals surface area contributed by atoms with Crippen LogP contribution in [0.1, 0.15) is 52.6 Å². The summed E-state index contributed by atoms with van der Waals surface area (Å²) in [6.07, 6.45) is 0. The van der Waals surface area contributed by atoms with E-state index in [0.717, 1.165) is 11.1 Å². The molecule has 3 aromatic rings. The highest BCUT2D eigenvalue weighted by molar-refractivity contribution is 6.05. The average molecular weight is 435 g/mol. The van der Waals surface area contributed by atoms with Crippen molar-refractivity contribution >= 4 is 17.5 Å². The van der Waals surface area contributed by atoms with E-state index in [-0.39, 0.29) is 29.8 Å². The second-order valence-corrected chi connectivity index (χ2v) is 8.63. The molecule has 0 unspecified atom stereocenters. The van der Waals surface area contributed by atoms with Crippen LogP contribution in [-0.4, -0.2) is 17.4 Å². The highest BCUT2D eigenvalue weighted by atomic mass is 19.1. The molecule has 6 heteroatoms. The van der Waals surface area contributed by atoms with Gasteiger partial charge in [-0.25, -0.2) is 4.39 Å². The number of hydrogen-bond donors (Lipinski definition) is 2. The van der Waals surface area contributed by atoms with Gasteiger partial charge in [-0.3, -0.25) is 9.59 Å². The van der Waals surface area contributed by atoms with E-state index in [2.05, 4.69) is 10.6 Å². The second kappa shape index (κ2) is 9.64. The molecule has 32 heavy (non-hydrogen) atoms. The summed E-state index contributed by atoms with van der Waals surface area (Å²) in [5.41, 5.74) is 2.83. The standard InChI is InChI=1S/C26H27FN2O3/c1-17-14-22(32-16-18-6-5-7-21(27)15-18)12-13-23(17)28-24(30)19-8-10-20(11-9-19)25(31)29-26(2,3)4/h5-15H,16H2,1-4H3,(H,28,30)(H,29,31). The fourth-order valence-electron chi connectivity index (χ4n) is 3.04. The van der Waals surface area contributed by atoms with Crippen LogP contribution in [0.5, 0.6) is 5.75 Å². The van der Waals surface area contributed by atoms with Gasteiger partial charge in [-0.1, -0.05) is 12.1 Å². The van der Waals surface area contributed by atoms with Gasteiger partial charge in [0.05, 0.1) is 0 Å². The summed E-state index contributed by atoms with van der Waals surface area (Å²) in [6.45, 7) is 7.84. The quantitative estimate of drug-likeness (QED) is 0.539. The van der Waals surface area contributed by atoms with Crippen LogP contribution in [0.4, 0.5) is 10.1 Å². The van der Waals surface area contributed by atoms with Crippen molar-refractivity contribution in [1.29, 1.82) is 0 Å². The third-order valence-electron chi connectivity index (χ3n) is 4.64. The maximum absolute atomic E-state index is 13.3. The fourth-order valence-corrected chi connectivity index (χ4v) is 3.04. The smallest absolute Gasteiger partial charge is 0.255 e. The zero-order valence-electron chi connectivity index (χ0n) is 18.7. The first-order chi connectivity index (χ1) is 15.1. The summed E-state index contributed by atoms with van der Waals surface area (Å²) in [4.78, 5) is 24.9. The van der Waals surface area contributed by atoms with Crippen molar-refractivity contribution in [3.63, 3.8) is 0 Å². The molecule has 0 spiro atoms. The summed E-state index contributed by atoms with van der Waals surface area (Å²) in [6, 6.07) is 18.1. The summed E-state index contributed by atoms with van der Waals surface area (Å²) < 4.78 is 19.0. The third kappa shape index (κ3) is 6.41. The molecular formula is C26H27FN2O3. The van der Waals surface area contributed by atoms with Crippen LogP contribution >= 0.6 is 0 Å². The average Bonchev–Trinajstić information content (AvgIpc) is 2.73. The van der Waals surface area contributed by atoms with Crippen LogP contribution in [0.15, 0.2) is 66.7 Å². The van der Waals surface area contributed by atoms with E-state index >= 15 is 0 Å². The Morgan fingerprint density at radius 1 is 0.906 bits per heavy atom. The number of benzene rings is 3. The first-order valence-electron chi connectivity index (χ1n) is 10.3. The predicted octanol–water partition coefficient (Wildman–Crippen LogP) is 5.49. The Morgan fingerprint density at radius 3 is 2.16 bits per heavy atom. The zero-order valence-corrected chi connectivity index (χ0v) is 18.7. The minimum absolute atomic E-state index is 0.186. The molecule has 0 bridgehead atoms. The van der Waals surface area contributed by atoms with Crippen LogP contribution < -0.4 is 15.4 Å². The molecule has 0 aliphatic carbocycles. The molecule has 0 radical (unpaired) electrons. The number of rotatable bonds is 6. The van der Waals surface area contributed by atoms with Crippen LogP contribution in [0.2, 0.25) is 0 Å². The van der Waals surface area contributed by atoms with E-state index < -0.39 is 0 Å². The van der Waals surface area contributed by atoms with Gasteiger partial charge in [0.25, 0.3) is 11.8 Å². The number of ether oxygens (including phenoxy) is 1. The van der Waals surface area contributed by atoms with Crippen molar-refractivity contribution in [2.75, 3.05) is 5.32 Å². The number of hydrogen-bond acceptors (Lipinski definition) is 3. The number of halogens is 1. The molecule has 2 N–H and O–H groups in total. The Hall–Kier alpha value is -3.67. The highest BCUT2D eigenvalue weighted by Crippen LogP contribution is 2.23. The van der Waals surface area contributed by atoms with E-state index in [1.165, 1.54) is 12.1 Å². The van der Waals surface area contributed by atoms with Crippen LogP contribution in [0.3, 0.4) is 0 Å². The number of carbonyl (C=O) groups is 2. The van der Waals surface area contributed by atoms with Crippen LogP contribution in [0, 0.1) is 12.7 Å². The van der Waals surface area contributed by atoms with Crippen molar-refractivity contribution in [2.45, 2.75) is 39.8 Å². The molecule has 2 amide bonds. The number of aryl methyl sites for hydroxylation is 1. The van der Waals surface area contributed by atoms with Gasteiger partial charge < -0.3 is 15.4 Å². The van der Waals surface area contributed by atoms with Gasteiger partial charge >= 0.3 is 0 Å². The summed E-state index contributed by atoms with van der Waals surface area (Å²) in [7, 11) is 0. The van der Waals surface area contributed by atoms with Crippen LogP contribution in [-0.2, 0) is 6.61 Å². The molecule has 0 heterocycles. The summed E-state index contributed by atoms with van der Waals surface area (Å²) >= 11 is 0. The van der Waals surface area contributed by atoms with Gasteiger partial charge in [-0.15, -0.1) is 0 Å². The minimum atomic E-state index is -0.335. The minimum Gasteiger partial charge on any atom is -0.489 e. The van der Waals surface area contributed by atoms with Gasteiger partial charge in [0.2, 0.25) is 0 Å².